The van der Waals surface area contributed by atoms with Crippen molar-refractivity contribution in [3.63, 3.8) is 0 Å². The number of halogens is 1. The molecule has 1 saturated carbocycles. The summed E-state index contributed by atoms with van der Waals surface area (Å²) in [5, 5.41) is 3.26. The molecule has 2 aliphatic rings. The van der Waals surface area contributed by atoms with E-state index in [0.717, 1.165) is 12.5 Å². The Morgan fingerprint density at radius 3 is 2.92 bits per heavy atom. The average Bonchev–Trinajstić information content (AvgIpc) is 2.47. The Hall–Kier alpha value is -0.280. The predicted octanol–water partition coefficient (Wildman–Crippen LogP) is 0.969. The molecule has 0 amide bonds. The van der Waals surface area contributed by atoms with Gasteiger partial charge < -0.3 is 10.1 Å². The molecule has 4 heteroatoms. The normalized spacial score (nSPS) is 36.5. The molecule has 2 bridgehead atoms. The molecule has 0 spiro atoms. The molecule has 0 radical (unpaired) electrons. The fraction of sp³-hybridized carbons (Fsp3) is 0.889. The Morgan fingerprint density at radius 1 is 1.46 bits per heavy atom. The van der Waals surface area contributed by atoms with Crippen LogP contribution < -0.4 is 5.32 Å². The number of piperidine rings is 1. The zero-order valence-electron chi connectivity index (χ0n) is 7.79. The largest absolute Gasteiger partial charge is 0.468 e. The van der Waals surface area contributed by atoms with Crippen molar-refractivity contribution >= 4 is 18.4 Å². The quantitative estimate of drug-likeness (QED) is 0.649. The topological polar surface area (TPSA) is 38.3 Å². The molecule has 1 aliphatic heterocycles. The fourth-order valence-electron chi connectivity index (χ4n) is 2.46. The van der Waals surface area contributed by atoms with E-state index in [4.69, 9.17) is 4.74 Å². The molecule has 1 aliphatic carbocycles. The van der Waals surface area contributed by atoms with Gasteiger partial charge in [0.15, 0.2) is 0 Å². The van der Waals surface area contributed by atoms with Gasteiger partial charge in [0.1, 0.15) is 6.04 Å². The predicted molar refractivity (Wildman–Crippen MR) is 51.9 cm³/mol. The first kappa shape index (κ1) is 10.8. The molecular weight excluding hydrogens is 190 g/mol. The monoisotopic (exact) mass is 205 g/mol. The van der Waals surface area contributed by atoms with Gasteiger partial charge in [-0.2, -0.15) is 0 Å². The van der Waals surface area contributed by atoms with Crippen LogP contribution in [-0.2, 0) is 9.53 Å². The number of methoxy groups -OCH3 is 1. The number of rotatable bonds is 1. The minimum Gasteiger partial charge on any atom is -0.468 e. The van der Waals surface area contributed by atoms with E-state index >= 15 is 0 Å². The number of carbonyl (C=O) groups excluding carboxylic acids is 1. The van der Waals surface area contributed by atoms with Crippen LogP contribution in [0.5, 0.6) is 0 Å². The second kappa shape index (κ2) is 4.29. The lowest BCUT2D eigenvalue weighted by Crippen LogP contribution is -2.47. The van der Waals surface area contributed by atoms with Crippen molar-refractivity contribution in [3.05, 3.63) is 0 Å². The van der Waals surface area contributed by atoms with Gasteiger partial charge >= 0.3 is 5.97 Å². The molecule has 0 unspecified atom stereocenters. The van der Waals surface area contributed by atoms with Crippen molar-refractivity contribution < 1.29 is 9.53 Å². The number of hydrogen-bond acceptors (Lipinski definition) is 3. The van der Waals surface area contributed by atoms with E-state index in [1.165, 1.54) is 26.4 Å². The fourth-order valence-corrected chi connectivity index (χ4v) is 2.46. The van der Waals surface area contributed by atoms with Crippen LogP contribution >= 0.6 is 12.4 Å². The van der Waals surface area contributed by atoms with Crippen LogP contribution in [0.3, 0.4) is 0 Å². The van der Waals surface area contributed by atoms with Crippen molar-refractivity contribution in [2.24, 2.45) is 11.8 Å². The highest BCUT2D eigenvalue weighted by Gasteiger charge is 2.39. The summed E-state index contributed by atoms with van der Waals surface area (Å²) in [6.45, 7) is 0.996. The maximum atomic E-state index is 11.3. The van der Waals surface area contributed by atoms with Gasteiger partial charge in [-0.05, 0) is 37.6 Å². The van der Waals surface area contributed by atoms with Gasteiger partial charge in [-0.25, -0.2) is 0 Å². The summed E-state index contributed by atoms with van der Waals surface area (Å²) in [4.78, 5) is 11.3. The SMILES string of the molecule is COC(=O)[C@@H]1NC[C@@H]2CC[C@H]1C2.Cl. The lowest BCUT2D eigenvalue weighted by atomic mass is 9.93. The summed E-state index contributed by atoms with van der Waals surface area (Å²) < 4.78 is 4.74. The lowest BCUT2D eigenvalue weighted by Gasteiger charge is -2.27. The second-order valence-corrected chi connectivity index (χ2v) is 3.85. The summed E-state index contributed by atoms with van der Waals surface area (Å²) in [6.07, 6.45) is 3.69. The van der Waals surface area contributed by atoms with Crippen LogP contribution in [0.2, 0.25) is 0 Å². The third-order valence-electron chi connectivity index (χ3n) is 3.13. The Balaban J connectivity index is 0.000000845. The average molecular weight is 206 g/mol. The van der Waals surface area contributed by atoms with Crippen LogP contribution in [0.1, 0.15) is 19.3 Å². The smallest absolute Gasteiger partial charge is 0.323 e. The molecule has 3 atom stereocenters. The number of carbonyl (C=O) groups is 1. The zero-order chi connectivity index (χ0) is 8.55. The Kier molecular flexibility index (Phi) is 3.56. The molecule has 1 saturated heterocycles. The van der Waals surface area contributed by atoms with Crippen molar-refractivity contribution in [3.8, 4) is 0 Å². The van der Waals surface area contributed by atoms with Crippen molar-refractivity contribution in [2.45, 2.75) is 25.3 Å². The van der Waals surface area contributed by atoms with Gasteiger partial charge in [0, 0.05) is 0 Å². The van der Waals surface area contributed by atoms with Crippen LogP contribution in [0.25, 0.3) is 0 Å². The van der Waals surface area contributed by atoms with Crippen molar-refractivity contribution in [2.75, 3.05) is 13.7 Å². The summed E-state index contributed by atoms with van der Waals surface area (Å²) in [7, 11) is 1.46. The molecule has 13 heavy (non-hydrogen) atoms. The first-order valence-electron chi connectivity index (χ1n) is 4.62. The van der Waals surface area contributed by atoms with Gasteiger partial charge in [0.2, 0.25) is 0 Å². The van der Waals surface area contributed by atoms with Gasteiger partial charge in [-0.3, -0.25) is 4.79 Å². The molecule has 1 N–H and O–H groups in total. The van der Waals surface area contributed by atoms with Crippen molar-refractivity contribution in [1.82, 2.24) is 5.32 Å². The minimum absolute atomic E-state index is 0. The molecule has 3 nitrogen and oxygen atoms in total. The number of hydrogen-bond donors (Lipinski definition) is 1. The van der Waals surface area contributed by atoms with E-state index in [9.17, 15) is 4.79 Å². The number of fused-ring (bicyclic) bond motifs is 2. The third-order valence-corrected chi connectivity index (χ3v) is 3.13. The summed E-state index contributed by atoms with van der Waals surface area (Å²) in [5.74, 6) is 1.27. The standard InChI is InChI=1S/C9H15NO2.ClH/c1-12-9(11)8-7-3-2-6(4-7)5-10-8;/h6-8,10H,2-5H2,1H3;1H/t6-,7+,8-;/m1./s1. The van der Waals surface area contributed by atoms with E-state index in [0.29, 0.717) is 5.92 Å². The Bertz CT molecular complexity index is 198. The maximum Gasteiger partial charge on any atom is 0.323 e. The van der Waals surface area contributed by atoms with E-state index in [-0.39, 0.29) is 24.4 Å². The Morgan fingerprint density at radius 2 is 2.23 bits per heavy atom. The van der Waals surface area contributed by atoms with E-state index in [1.807, 2.05) is 0 Å². The van der Waals surface area contributed by atoms with Crippen LogP contribution in [0.4, 0.5) is 0 Å². The molecule has 2 rings (SSSR count). The van der Waals surface area contributed by atoms with Crippen LogP contribution in [0, 0.1) is 11.8 Å². The molecule has 0 aromatic rings. The molecule has 0 aromatic carbocycles. The molecule has 2 fully saturated rings. The number of ether oxygens (including phenoxy) is 1. The maximum absolute atomic E-state index is 11.3. The highest BCUT2D eigenvalue weighted by atomic mass is 35.5. The number of esters is 1. The molecule has 1 heterocycles. The second-order valence-electron chi connectivity index (χ2n) is 3.85. The van der Waals surface area contributed by atoms with Crippen molar-refractivity contribution in [1.29, 1.82) is 0 Å². The number of nitrogens with one attached hydrogen (secondary N) is 1. The molecule has 0 aromatic heterocycles. The molecular formula is C9H16ClNO2. The Labute approximate surface area is 84.6 Å². The van der Waals surface area contributed by atoms with Crippen LogP contribution in [-0.4, -0.2) is 25.7 Å². The minimum atomic E-state index is -0.0830. The summed E-state index contributed by atoms with van der Waals surface area (Å²) >= 11 is 0. The first-order chi connectivity index (χ1) is 5.81. The third kappa shape index (κ3) is 1.97. The van der Waals surface area contributed by atoms with Gasteiger partial charge in [-0.15, -0.1) is 12.4 Å². The first-order valence-corrected chi connectivity index (χ1v) is 4.62. The summed E-state index contributed by atoms with van der Waals surface area (Å²) in [6, 6.07) is -0.0197. The van der Waals surface area contributed by atoms with E-state index in [2.05, 4.69) is 5.32 Å². The zero-order valence-corrected chi connectivity index (χ0v) is 8.60. The van der Waals surface area contributed by atoms with Gasteiger partial charge in [0.25, 0.3) is 0 Å². The highest BCUT2D eigenvalue weighted by Crippen LogP contribution is 2.36. The molecule has 76 valence electrons. The highest BCUT2D eigenvalue weighted by molar-refractivity contribution is 5.85. The summed E-state index contributed by atoms with van der Waals surface area (Å²) in [5.41, 5.74) is 0. The van der Waals surface area contributed by atoms with Gasteiger partial charge in [0.05, 0.1) is 7.11 Å². The van der Waals surface area contributed by atoms with E-state index in [1.54, 1.807) is 0 Å². The lowest BCUT2D eigenvalue weighted by molar-refractivity contribution is -0.145. The van der Waals surface area contributed by atoms with Gasteiger partial charge in [-0.1, -0.05) is 0 Å². The van der Waals surface area contributed by atoms with E-state index < -0.39 is 0 Å². The van der Waals surface area contributed by atoms with Crippen LogP contribution in [0.15, 0.2) is 0 Å².